The minimum absolute atomic E-state index is 0.540. The SMILES string of the molecule is CN(c1ccncn1)C1CCN(Cc2cccnn2)CC1. The van der Waals surface area contributed by atoms with Crippen LogP contribution in [0.25, 0.3) is 0 Å². The second kappa shape index (κ2) is 6.58. The highest BCUT2D eigenvalue weighted by Gasteiger charge is 2.23. The number of nitrogens with zero attached hydrogens (tertiary/aromatic N) is 6. The van der Waals surface area contributed by atoms with Crippen molar-refractivity contribution in [2.45, 2.75) is 25.4 Å². The van der Waals surface area contributed by atoms with E-state index in [1.165, 1.54) is 0 Å². The molecule has 0 N–H and O–H groups in total. The molecule has 1 fully saturated rings. The first-order chi connectivity index (χ1) is 10.3. The molecule has 2 aromatic rings. The van der Waals surface area contributed by atoms with Crippen molar-refractivity contribution in [3.05, 3.63) is 42.6 Å². The van der Waals surface area contributed by atoms with Crippen molar-refractivity contribution in [2.75, 3.05) is 25.0 Å². The van der Waals surface area contributed by atoms with E-state index in [1.807, 2.05) is 18.2 Å². The van der Waals surface area contributed by atoms with Gasteiger partial charge in [0.2, 0.25) is 0 Å². The Morgan fingerprint density at radius 2 is 2.10 bits per heavy atom. The van der Waals surface area contributed by atoms with Crippen molar-refractivity contribution >= 4 is 5.82 Å². The molecule has 3 heterocycles. The van der Waals surface area contributed by atoms with E-state index in [1.54, 1.807) is 18.7 Å². The molecule has 0 amide bonds. The van der Waals surface area contributed by atoms with Gasteiger partial charge in [-0.2, -0.15) is 10.2 Å². The van der Waals surface area contributed by atoms with Crippen LogP contribution in [0.5, 0.6) is 0 Å². The maximum Gasteiger partial charge on any atom is 0.131 e. The summed E-state index contributed by atoms with van der Waals surface area (Å²) >= 11 is 0. The molecule has 0 unspecified atom stereocenters. The van der Waals surface area contributed by atoms with Crippen LogP contribution < -0.4 is 4.90 Å². The molecular formula is C15H20N6. The second-order valence-electron chi connectivity index (χ2n) is 5.40. The van der Waals surface area contributed by atoms with Gasteiger partial charge < -0.3 is 4.90 Å². The van der Waals surface area contributed by atoms with Crippen LogP contribution in [0.15, 0.2) is 36.9 Å². The highest BCUT2D eigenvalue weighted by molar-refractivity contribution is 5.36. The summed E-state index contributed by atoms with van der Waals surface area (Å²) in [5.74, 6) is 0.998. The summed E-state index contributed by atoms with van der Waals surface area (Å²) in [5, 5.41) is 8.09. The molecule has 110 valence electrons. The third kappa shape index (κ3) is 3.52. The number of hydrogen-bond acceptors (Lipinski definition) is 6. The van der Waals surface area contributed by atoms with Crippen molar-refractivity contribution in [2.24, 2.45) is 0 Å². The van der Waals surface area contributed by atoms with Crippen molar-refractivity contribution in [3.8, 4) is 0 Å². The predicted octanol–water partition coefficient (Wildman–Crippen LogP) is 1.37. The van der Waals surface area contributed by atoms with Gasteiger partial charge in [0.15, 0.2) is 0 Å². The zero-order valence-corrected chi connectivity index (χ0v) is 12.3. The van der Waals surface area contributed by atoms with E-state index in [-0.39, 0.29) is 0 Å². The first-order valence-electron chi connectivity index (χ1n) is 7.31. The summed E-state index contributed by atoms with van der Waals surface area (Å²) in [6, 6.07) is 6.48. The normalized spacial score (nSPS) is 16.8. The largest absolute Gasteiger partial charge is 0.356 e. The average molecular weight is 284 g/mol. The summed E-state index contributed by atoms with van der Waals surface area (Å²) in [6.07, 6.45) is 7.39. The summed E-state index contributed by atoms with van der Waals surface area (Å²) in [4.78, 5) is 13.0. The third-order valence-corrected chi connectivity index (χ3v) is 4.05. The number of hydrogen-bond donors (Lipinski definition) is 0. The Morgan fingerprint density at radius 1 is 1.24 bits per heavy atom. The maximum absolute atomic E-state index is 4.32. The van der Waals surface area contributed by atoms with E-state index in [0.29, 0.717) is 6.04 Å². The zero-order valence-electron chi connectivity index (χ0n) is 12.3. The monoisotopic (exact) mass is 284 g/mol. The first-order valence-corrected chi connectivity index (χ1v) is 7.31. The number of aromatic nitrogens is 4. The van der Waals surface area contributed by atoms with Crippen molar-refractivity contribution in [1.82, 2.24) is 25.1 Å². The predicted molar refractivity (Wildman–Crippen MR) is 80.8 cm³/mol. The molecule has 0 saturated carbocycles. The highest BCUT2D eigenvalue weighted by Crippen LogP contribution is 2.20. The number of piperidine rings is 1. The Hall–Kier alpha value is -2.08. The Morgan fingerprint density at radius 3 is 2.76 bits per heavy atom. The fraction of sp³-hybridized carbons (Fsp3) is 0.467. The quantitative estimate of drug-likeness (QED) is 0.845. The van der Waals surface area contributed by atoms with Crippen LogP contribution in [-0.2, 0) is 6.54 Å². The molecule has 0 spiro atoms. The summed E-state index contributed by atoms with van der Waals surface area (Å²) in [6.45, 7) is 3.05. The van der Waals surface area contributed by atoms with Gasteiger partial charge in [0.05, 0.1) is 5.69 Å². The second-order valence-corrected chi connectivity index (χ2v) is 5.40. The van der Waals surface area contributed by atoms with E-state index < -0.39 is 0 Å². The van der Waals surface area contributed by atoms with Gasteiger partial charge in [0, 0.05) is 45.1 Å². The molecule has 0 aromatic carbocycles. The van der Waals surface area contributed by atoms with Gasteiger partial charge in [-0.05, 0) is 31.0 Å². The molecule has 1 aliphatic heterocycles. The number of anilines is 1. The van der Waals surface area contributed by atoms with E-state index in [4.69, 9.17) is 0 Å². The first kappa shape index (κ1) is 13.9. The van der Waals surface area contributed by atoms with Crippen LogP contribution in [0.1, 0.15) is 18.5 Å². The van der Waals surface area contributed by atoms with Crippen molar-refractivity contribution in [3.63, 3.8) is 0 Å². The lowest BCUT2D eigenvalue weighted by Gasteiger charge is -2.37. The zero-order chi connectivity index (χ0) is 14.5. The molecule has 2 aromatic heterocycles. The Balaban J connectivity index is 1.53. The molecular weight excluding hydrogens is 264 g/mol. The van der Waals surface area contributed by atoms with Crippen LogP contribution in [0.2, 0.25) is 0 Å². The molecule has 0 bridgehead atoms. The molecule has 0 atom stereocenters. The third-order valence-electron chi connectivity index (χ3n) is 4.05. The van der Waals surface area contributed by atoms with Crippen LogP contribution in [0.4, 0.5) is 5.82 Å². The van der Waals surface area contributed by atoms with Gasteiger partial charge in [-0.15, -0.1) is 0 Å². The average Bonchev–Trinajstić information content (AvgIpc) is 2.57. The summed E-state index contributed by atoms with van der Waals surface area (Å²) in [5.41, 5.74) is 1.04. The minimum Gasteiger partial charge on any atom is -0.356 e. The van der Waals surface area contributed by atoms with Crippen LogP contribution in [0, 0.1) is 0 Å². The number of likely N-dealkylation sites (tertiary alicyclic amines) is 1. The van der Waals surface area contributed by atoms with Gasteiger partial charge in [-0.3, -0.25) is 4.90 Å². The molecule has 0 aliphatic carbocycles. The van der Waals surface area contributed by atoms with Gasteiger partial charge in [0.25, 0.3) is 0 Å². The van der Waals surface area contributed by atoms with Crippen molar-refractivity contribution < 1.29 is 0 Å². The molecule has 3 rings (SSSR count). The summed E-state index contributed by atoms with van der Waals surface area (Å²) < 4.78 is 0. The van der Waals surface area contributed by atoms with E-state index in [9.17, 15) is 0 Å². The molecule has 21 heavy (non-hydrogen) atoms. The Labute approximate surface area is 124 Å². The van der Waals surface area contributed by atoms with Gasteiger partial charge in [-0.1, -0.05) is 0 Å². The van der Waals surface area contributed by atoms with Gasteiger partial charge >= 0.3 is 0 Å². The van der Waals surface area contributed by atoms with E-state index in [2.05, 4.69) is 37.0 Å². The molecule has 0 radical (unpaired) electrons. The minimum atomic E-state index is 0.540. The van der Waals surface area contributed by atoms with Gasteiger partial charge in [-0.25, -0.2) is 9.97 Å². The van der Waals surface area contributed by atoms with Gasteiger partial charge in [0.1, 0.15) is 12.1 Å². The fourth-order valence-corrected chi connectivity index (χ4v) is 2.79. The standard InChI is InChI=1S/C15H20N6/c1-20(15-4-8-16-12-17-15)14-5-9-21(10-6-14)11-13-3-2-7-18-19-13/h2-4,7-8,12,14H,5-6,9-11H2,1H3. The Kier molecular flexibility index (Phi) is 4.35. The fourth-order valence-electron chi connectivity index (χ4n) is 2.79. The number of rotatable bonds is 4. The molecule has 6 nitrogen and oxygen atoms in total. The van der Waals surface area contributed by atoms with Crippen LogP contribution in [0.3, 0.4) is 0 Å². The lowest BCUT2D eigenvalue weighted by atomic mass is 10.0. The smallest absolute Gasteiger partial charge is 0.131 e. The molecule has 1 saturated heterocycles. The van der Waals surface area contributed by atoms with Crippen molar-refractivity contribution in [1.29, 1.82) is 0 Å². The molecule has 1 aliphatic rings. The van der Waals surface area contributed by atoms with Crippen LogP contribution in [-0.4, -0.2) is 51.2 Å². The van der Waals surface area contributed by atoms with E-state index in [0.717, 1.165) is 44.0 Å². The lowest BCUT2D eigenvalue weighted by Crippen LogP contribution is -2.43. The van der Waals surface area contributed by atoms with Crippen LogP contribution >= 0.6 is 0 Å². The van der Waals surface area contributed by atoms with E-state index >= 15 is 0 Å². The lowest BCUT2D eigenvalue weighted by molar-refractivity contribution is 0.200. The highest BCUT2D eigenvalue weighted by atomic mass is 15.2. The summed E-state index contributed by atoms with van der Waals surface area (Å²) in [7, 11) is 2.12. The molecule has 6 heteroatoms. The topological polar surface area (TPSA) is 58.0 Å². The maximum atomic E-state index is 4.32. The Bertz CT molecular complexity index is 539.